The Kier molecular flexibility index (Phi) is 29.6. The van der Waals surface area contributed by atoms with Gasteiger partial charge in [0, 0.05) is 0 Å². The van der Waals surface area contributed by atoms with E-state index in [0.717, 1.165) is 51.4 Å². The minimum Gasteiger partial charge on any atom is -0.394 e. The summed E-state index contributed by atoms with van der Waals surface area (Å²) in [6, 6.07) is -1.12. The largest absolute Gasteiger partial charge is 0.397 e. The van der Waals surface area contributed by atoms with Crippen molar-refractivity contribution in [3.63, 3.8) is 0 Å². The van der Waals surface area contributed by atoms with Gasteiger partial charge in [0.05, 0.1) is 25.4 Å². The Morgan fingerprint density at radius 2 is 1.22 bits per heavy atom. The van der Waals surface area contributed by atoms with E-state index in [1.54, 1.807) is 0 Å². The molecule has 0 aromatic carbocycles. The van der Waals surface area contributed by atoms with E-state index in [9.17, 15) is 38.7 Å². The molecule has 318 valence electrons. The molecular weight excluding hydrogens is 719 g/mol. The second-order valence-corrected chi connectivity index (χ2v) is 15.8. The fourth-order valence-electron chi connectivity index (χ4n) is 6.45. The topological polar surface area (TPSA) is 212 Å². The SMILES string of the molecule is CCCCC/C=C\CCCCCCC(O)C(=O)NC(COC1OC(CO)C(O)C(OS(=O)(=O)O)C1O)C(O)/C=C/CCCCCCCCCCCCCC. The number of hydrogen-bond donors (Lipinski definition) is 7. The molecule has 0 bridgehead atoms. The molecule has 0 aliphatic carbocycles. The van der Waals surface area contributed by atoms with Crippen molar-refractivity contribution in [2.24, 2.45) is 0 Å². The van der Waals surface area contributed by atoms with E-state index in [1.807, 2.05) is 6.08 Å². The van der Waals surface area contributed by atoms with Gasteiger partial charge >= 0.3 is 10.4 Å². The molecule has 13 nitrogen and oxygen atoms in total. The first-order chi connectivity index (χ1) is 25.9. The first-order valence-corrected chi connectivity index (χ1v) is 22.2. The van der Waals surface area contributed by atoms with Gasteiger partial charge in [0.1, 0.15) is 30.5 Å². The van der Waals surface area contributed by atoms with Crippen molar-refractivity contribution in [1.82, 2.24) is 5.32 Å². The highest BCUT2D eigenvalue weighted by atomic mass is 32.3. The summed E-state index contributed by atoms with van der Waals surface area (Å²) < 4.78 is 47.3. The molecule has 1 aliphatic rings. The van der Waals surface area contributed by atoms with E-state index >= 15 is 0 Å². The van der Waals surface area contributed by atoms with Gasteiger partial charge in [-0.25, -0.2) is 4.18 Å². The van der Waals surface area contributed by atoms with Crippen LogP contribution in [0.2, 0.25) is 0 Å². The first kappa shape index (κ1) is 50.6. The molecule has 0 aromatic rings. The van der Waals surface area contributed by atoms with Crippen molar-refractivity contribution in [3.8, 4) is 0 Å². The van der Waals surface area contributed by atoms with Gasteiger partial charge < -0.3 is 40.3 Å². The van der Waals surface area contributed by atoms with Crippen molar-refractivity contribution in [2.45, 2.75) is 210 Å². The van der Waals surface area contributed by atoms with Crippen molar-refractivity contribution in [1.29, 1.82) is 0 Å². The minimum atomic E-state index is -5.11. The lowest BCUT2D eigenvalue weighted by atomic mass is 9.99. The Balaban J connectivity index is 2.68. The van der Waals surface area contributed by atoms with E-state index < -0.39 is 78.5 Å². The lowest BCUT2D eigenvalue weighted by Gasteiger charge is -2.41. The van der Waals surface area contributed by atoms with Crippen LogP contribution in [0.5, 0.6) is 0 Å². The summed E-state index contributed by atoms with van der Waals surface area (Å²) in [4.78, 5) is 13.0. The number of ether oxygens (including phenoxy) is 2. The number of aliphatic hydroxyl groups is 5. The lowest BCUT2D eigenvalue weighted by molar-refractivity contribution is -0.298. The molecule has 1 aliphatic heterocycles. The summed E-state index contributed by atoms with van der Waals surface area (Å²) in [6.07, 6.45) is 21.3. The van der Waals surface area contributed by atoms with Crippen LogP contribution in [0.1, 0.15) is 162 Å². The first-order valence-electron chi connectivity index (χ1n) is 20.8. The van der Waals surface area contributed by atoms with Crippen LogP contribution >= 0.6 is 0 Å². The van der Waals surface area contributed by atoms with Crippen molar-refractivity contribution in [3.05, 3.63) is 24.3 Å². The summed E-state index contributed by atoms with van der Waals surface area (Å²) >= 11 is 0. The van der Waals surface area contributed by atoms with Gasteiger partial charge in [0.2, 0.25) is 5.91 Å². The molecule has 8 atom stereocenters. The Morgan fingerprint density at radius 1 is 0.741 bits per heavy atom. The molecule has 0 saturated carbocycles. The van der Waals surface area contributed by atoms with E-state index in [1.165, 1.54) is 83.1 Å². The predicted molar refractivity (Wildman–Crippen MR) is 210 cm³/mol. The van der Waals surface area contributed by atoms with Crippen molar-refractivity contribution < 1.29 is 57.0 Å². The minimum absolute atomic E-state index is 0.229. The smallest absolute Gasteiger partial charge is 0.394 e. The van der Waals surface area contributed by atoms with Gasteiger partial charge in [0.15, 0.2) is 6.29 Å². The van der Waals surface area contributed by atoms with Crippen LogP contribution in [0.25, 0.3) is 0 Å². The Labute approximate surface area is 325 Å². The van der Waals surface area contributed by atoms with E-state index in [2.05, 4.69) is 35.5 Å². The van der Waals surface area contributed by atoms with Crippen LogP contribution in [0.3, 0.4) is 0 Å². The number of carbonyl (C=O) groups excluding carboxylic acids is 1. The second-order valence-electron chi connectivity index (χ2n) is 14.7. The van der Waals surface area contributed by atoms with E-state index in [0.29, 0.717) is 12.8 Å². The summed E-state index contributed by atoms with van der Waals surface area (Å²) in [5.74, 6) is -0.714. The number of allylic oxidation sites excluding steroid dienone is 3. The molecule has 8 unspecified atom stereocenters. The molecule has 1 rings (SSSR count). The van der Waals surface area contributed by atoms with E-state index in [4.69, 9.17) is 14.0 Å². The Bertz CT molecular complexity index is 1090. The maximum absolute atomic E-state index is 13.0. The monoisotopic (exact) mass is 794 g/mol. The summed E-state index contributed by atoms with van der Waals surface area (Å²) in [5.41, 5.74) is 0. The quantitative estimate of drug-likeness (QED) is 0.0229. The summed E-state index contributed by atoms with van der Waals surface area (Å²) in [5, 5.41) is 54.9. The van der Waals surface area contributed by atoms with Crippen LogP contribution in [0.4, 0.5) is 0 Å². The number of unbranched alkanes of at least 4 members (excludes halogenated alkanes) is 19. The number of carbonyl (C=O) groups is 1. The van der Waals surface area contributed by atoms with Crippen molar-refractivity contribution >= 4 is 16.3 Å². The molecule has 54 heavy (non-hydrogen) atoms. The maximum atomic E-state index is 13.0. The third-order valence-electron chi connectivity index (χ3n) is 9.83. The molecule has 0 spiro atoms. The van der Waals surface area contributed by atoms with Crippen LogP contribution < -0.4 is 5.32 Å². The number of rotatable bonds is 34. The van der Waals surface area contributed by atoms with Gasteiger partial charge in [0.25, 0.3) is 0 Å². The highest BCUT2D eigenvalue weighted by molar-refractivity contribution is 7.80. The average molecular weight is 794 g/mol. The Hall–Kier alpha value is -1.46. The highest BCUT2D eigenvalue weighted by Gasteiger charge is 2.48. The zero-order valence-electron chi connectivity index (χ0n) is 33.1. The molecule has 14 heteroatoms. The molecule has 1 saturated heterocycles. The molecule has 0 aromatic heterocycles. The van der Waals surface area contributed by atoms with Gasteiger partial charge in [-0.15, -0.1) is 0 Å². The highest BCUT2D eigenvalue weighted by Crippen LogP contribution is 2.26. The average Bonchev–Trinajstić information content (AvgIpc) is 3.14. The zero-order chi connectivity index (χ0) is 40.0. The van der Waals surface area contributed by atoms with Crippen molar-refractivity contribution in [2.75, 3.05) is 13.2 Å². The summed E-state index contributed by atoms with van der Waals surface area (Å²) in [7, 11) is -5.11. The zero-order valence-corrected chi connectivity index (χ0v) is 34.0. The maximum Gasteiger partial charge on any atom is 0.397 e. The number of nitrogens with one attached hydrogen (secondary N) is 1. The molecule has 1 fully saturated rings. The summed E-state index contributed by atoms with van der Waals surface area (Å²) in [6.45, 7) is 3.15. The van der Waals surface area contributed by atoms with Gasteiger partial charge in [-0.05, 0) is 44.9 Å². The van der Waals surface area contributed by atoms with Gasteiger partial charge in [-0.1, -0.05) is 141 Å². The molecule has 0 radical (unpaired) electrons. The normalized spacial score (nSPS) is 22.6. The molecular formula is C40H75NO12S. The third-order valence-corrected chi connectivity index (χ3v) is 10.3. The number of aliphatic hydroxyl groups excluding tert-OH is 5. The number of hydrogen-bond acceptors (Lipinski definition) is 11. The van der Waals surface area contributed by atoms with Crippen LogP contribution in [-0.4, -0.2) is 107 Å². The van der Waals surface area contributed by atoms with Crippen LogP contribution in [0.15, 0.2) is 24.3 Å². The number of amides is 1. The second kappa shape index (κ2) is 31.6. The molecule has 1 amide bonds. The van der Waals surface area contributed by atoms with Crippen LogP contribution in [-0.2, 0) is 28.9 Å². The fourth-order valence-corrected chi connectivity index (χ4v) is 6.96. The predicted octanol–water partition coefficient (Wildman–Crippen LogP) is 5.96. The lowest BCUT2D eigenvalue weighted by Crippen LogP contribution is -2.61. The third kappa shape index (κ3) is 24.2. The Morgan fingerprint density at radius 3 is 1.76 bits per heavy atom. The molecule has 7 N–H and O–H groups in total. The van der Waals surface area contributed by atoms with Gasteiger partial charge in [-0.2, -0.15) is 8.42 Å². The van der Waals surface area contributed by atoms with Crippen LogP contribution in [0, 0.1) is 0 Å². The standard InChI is InChI=1S/C40H75NO12S/c1-3-5-7-9-11-13-15-16-17-19-20-22-24-26-28-33(43)32(31-51-40-37(46)38(53-54(48,49)50)36(45)35(30-42)52-40)41-39(47)34(44)29-27-25-23-21-18-14-12-10-8-6-4-2/h12,14,26,28,32-38,40,42-46H,3-11,13,15-25,27,29-31H2,1-2H3,(H,41,47)(H,48,49,50)/b14-12-,28-26+. The molecule has 1 heterocycles. The van der Waals surface area contributed by atoms with Gasteiger partial charge in [-0.3, -0.25) is 9.35 Å². The fraction of sp³-hybridized carbons (Fsp3) is 0.875. The van der Waals surface area contributed by atoms with E-state index in [-0.39, 0.29) is 6.42 Å².